The van der Waals surface area contributed by atoms with Crippen molar-refractivity contribution in [3.8, 4) is 0 Å². The Balaban J connectivity index is 1.86. The smallest absolute Gasteiger partial charge is 0.340 e. The lowest BCUT2D eigenvalue weighted by Crippen LogP contribution is -2.53. The van der Waals surface area contributed by atoms with Crippen molar-refractivity contribution in [2.75, 3.05) is 20.2 Å². The van der Waals surface area contributed by atoms with Crippen molar-refractivity contribution in [1.29, 1.82) is 0 Å². The zero-order valence-corrected chi connectivity index (χ0v) is 41.9. The molecule has 2 saturated carbocycles. The summed E-state index contributed by atoms with van der Waals surface area (Å²) in [6, 6.07) is 0.176. The molecule has 360 valence electrons. The first-order chi connectivity index (χ1) is 29.9. The van der Waals surface area contributed by atoms with Crippen molar-refractivity contribution in [3.63, 3.8) is 0 Å². The van der Waals surface area contributed by atoms with Crippen LogP contribution in [0.1, 0.15) is 290 Å². The van der Waals surface area contributed by atoms with Gasteiger partial charge in [0.25, 0.3) is 0 Å². The first kappa shape index (κ1) is 56.2. The van der Waals surface area contributed by atoms with Gasteiger partial charge in [0.2, 0.25) is 11.8 Å². The maximum atomic E-state index is 14.6. The second-order valence-corrected chi connectivity index (χ2v) is 21.9. The summed E-state index contributed by atoms with van der Waals surface area (Å²) >= 11 is 0. The van der Waals surface area contributed by atoms with E-state index in [4.69, 9.17) is 4.52 Å². The molecule has 0 saturated heterocycles. The van der Waals surface area contributed by atoms with Gasteiger partial charge in [0.1, 0.15) is 5.66 Å². The molecule has 0 aromatic carbocycles. The molecule has 2 aliphatic carbocycles. The summed E-state index contributed by atoms with van der Waals surface area (Å²) in [7, 11) is -3.13. The van der Waals surface area contributed by atoms with Crippen LogP contribution in [0.4, 0.5) is 0 Å². The predicted molar refractivity (Wildman–Crippen MR) is 262 cm³/mol. The average molecular weight is 879 g/mol. The van der Waals surface area contributed by atoms with Gasteiger partial charge in [-0.3, -0.25) is 14.2 Å². The summed E-state index contributed by atoms with van der Waals surface area (Å²) < 4.78 is 18.9. The van der Waals surface area contributed by atoms with Crippen molar-refractivity contribution >= 4 is 19.4 Å². The van der Waals surface area contributed by atoms with Crippen LogP contribution in [-0.2, 0) is 18.7 Å². The third kappa shape index (κ3) is 27.2. The van der Waals surface area contributed by atoms with Gasteiger partial charge in [0.15, 0.2) is 0 Å². The number of hydrogen-bond acceptors (Lipinski definition) is 4. The van der Waals surface area contributed by atoms with Crippen molar-refractivity contribution in [3.05, 3.63) is 0 Å². The van der Waals surface area contributed by atoms with E-state index in [1.807, 2.05) is 9.80 Å². The Kier molecular flexibility index (Phi) is 35.4. The summed E-state index contributed by atoms with van der Waals surface area (Å²) in [5.74, 6) is -0.469. The summed E-state index contributed by atoms with van der Waals surface area (Å²) in [5.41, 5.74) is -1.34. The monoisotopic (exact) mass is 879 g/mol. The molecular weight excluding hydrogens is 776 g/mol. The summed E-state index contributed by atoms with van der Waals surface area (Å²) in [6.07, 6.45) is 52.1. The molecule has 0 radical (unpaired) electrons. The van der Waals surface area contributed by atoms with Crippen molar-refractivity contribution in [2.24, 2.45) is 0 Å². The third-order valence-corrected chi connectivity index (χ3v) is 16.1. The Morgan fingerprint density at radius 3 is 1.05 bits per heavy atom. The Morgan fingerprint density at radius 1 is 0.492 bits per heavy atom. The minimum absolute atomic E-state index is 0.0881. The SMILES string of the molecule is CCCCCCCCCCCCCCCCCCN(CCCCCCCCCCCCCCCCCC)C(=O)CC(C(=O)N(C1CCCCC1)C1CCCCC1)P(=O)(O)OC. The van der Waals surface area contributed by atoms with Gasteiger partial charge in [-0.15, -0.1) is 0 Å². The van der Waals surface area contributed by atoms with E-state index in [1.54, 1.807) is 0 Å². The van der Waals surface area contributed by atoms with Gasteiger partial charge < -0.3 is 19.2 Å². The Hall–Kier alpha value is -0.910. The molecule has 0 aliphatic heterocycles. The average Bonchev–Trinajstić information content (AvgIpc) is 3.27. The van der Waals surface area contributed by atoms with Crippen molar-refractivity contribution in [1.82, 2.24) is 9.80 Å². The van der Waals surface area contributed by atoms with E-state index in [-0.39, 0.29) is 30.3 Å². The zero-order chi connectivity index (χ0) is 44.1. The lowest BCUT2D eigenvalue weighted by molar-refractivity contribution is -0.141. The number of amides is 2. The van der Waals surface area contributed by atoms with Crippen LogP contribution in [0.25, 0.3) is 0 Å². The molecular formula is C53H103N2O5P. The maximum absolute atomic E-state index is 14.6. The van der Waals surface area contributed by atoms with Crippen LogP contribution in [0.2, 0.25) is 0 Å². The summed E-state index contributed by atoms with van der Waals surface area (Å²) in [6.45, 7) is 5.89. The van der Waals surface area contributed by atoms with Crippen LogP contribution < -0.4 is 0 Å². The number of carbonyl (C=O) groups is 2. The van der Waals surface area contributed by atoms with E-state index in [9.17, 15) is 19.0 Å². The van der Waals surface area contributed by atoms with Crippen LogP contribution in [0.15, 0.2) is 0 Å². The molecule has 7 nitrogen and oxygen atoms in total. The topological polar surface area (TPSA) is 87.2 Å². The van der Waals surface area contributed by atoms with Crippen LogP contribution in [0.3, 0.4) is 0 Å². The van der Waals surface area contributed by atoms with Gasteiger partial charge in [0, 0.05) is 38.7 Å². The van der Waals surface area contributed by atoms with E-state index in [0.717, 1.165) is 77.0 Å². The minimum Gasteiger partial charge on any atom is -0.343 e. The Labute approximate surface area is 379 Å². The first-order valence-electron chi connectivity index (χ1n) is 27.3. The summed E-state index contributed by atoms with van der Waals surface area (Å²) in [4.78, 5) is 44.0. The highest BCUT2D eigenvalue weighted by molar-refractivity contribution is 7.54. The molecule has 2 atom stereocenters. The molecule has 2 aliphatic rings. The fourth-order valence-corrected chi connectivity index (χ4v) is 11.4. The van der Waals surface area contributed by atoms with Crippen molar-refractivity contribution in [2.45, 2.75) is 308 Å². The van der Waals surface area contributed by atoms with Crippen LogP contribution in [0.5, 0.6) is 0 Å². The van der Waals surface area contributed by atoms with E-state index < -0.39 is 13.3 Å². The molecule has 0 aromatic heterocycles. The van der Waals surface area contributed by atoms with Gasteiger partial charge >= 0.3 is 7.60 Å². The fourth-order valence-electron chi connectivity index (χ4n) is 10.4. The van der Waals surface area contributed by atoms with E-state index in [1.165, 1.54) is 200 Å². The lowest BCUT2D eigenvalue weighted by Gasteiger charge is -2.43. The van der Waals surface area contributed by atoms with Gasteiger partial charge in [0.05, 0.1) is 0 Å². The molecule has 0 spiro atoms. The predicted octanol–water partition coefficient (Wildman–Crippen LogP) is 16.4. The highest BCUT2D eigenvalue weighted by atomic mass is 31.2. The fraction of sp³-hybridized carbons (Fsp3) is 0.962. The van der Waals surface area contributed by atoms with Crippen LogP contribution in [0, 0.1) is 0 Å². The van der Waals surface area contributed by atoms with E-state index in [2.05, 4.69) is 13.8 Å². The lowest BCUT2D eigenvalue weighted by atomic mass is 9.88. The molecule has 0 heterocycles. The normalized spacial score (nSPS) is 16.7. The third-order valence-electron chi connectivity index (χ3n) is 14.4. The van der Waals surface area contributed by atoms with Crippen LogP contribution >= 0.6 is 7.60 Å². The minimum atomic E-state index is -4.36. The number of hydrogen-bond donors (Lipinski definition) is 1. The Bertz CT molecular complexity index is 1020. The molecule has 0 aromatic rings. The van der Waals surface area contributed by atoms with Gasteiger partial charge in [-0.2, -0.15) is 0 Å². The second-order valence-electron chi connectivity index (χ2n) is 19.8. The molecule has 1 N–H and O–H groups in total. The molecule has 2 amide bonds. The molecule has 2 rings (SSSR count). The van der Waals surface area contributed by atoms with Crippen LogP contribution in [-0.4, -0.2) is 64.4 Å². The quantitative estimate of drug-likeness (QED) is 0.0488. The number of rotatable bonds is 41. The number of carbonyl (C=O) groups excluding carboxylic acids is 2. The number of nitrogens with zero attached hydrogens (tertiary/aromatic N) is 2. The largest absolute Gasteiger partial charge is 0.343 e. The van der Waals surface area contributed by atoms with Gasteiger partial charge in [-0.1, -0.05) is 245 Å². The molecule has 0 bridgehead atoms. The standard InChI is InChI=1S/C53H103N2O5P/c1-4-6-8-10-12-14-16-18-20-22-24-26-28-30-32-40-46-54(47-41-33-31-29-27-25-23-21-19-17-15-13-11-9-7-5-2)52(56)48-51(61(58,59)60-3)53(57)55(49-42-36-34-37-43-49)50-44-38-35-39-45-50/h49-51H,4-48H2,1-3H3,(H,58,59). The molecule has 8 heteroatoms. The molecule has 2 unspecified atom stereocenters. The number of unbranched alkanes of at least 4 members (excludes halogenated alkanes) is 30. The summed E-state index contributed by atoms with van der Waals surface area (Å²) in [5, 5.41) is 0. The van der Waals surface area contributed by atoms with E-state index in [0.29, 0.717) is 13.1 Å². The van der Waals surface area contributed by atoms with Crippen molar-refractivity contribution < 1.29 is 23.6 Å². The molecule has 61 heavy (non-hydrogen) atoms. The van der Waals surface area contributed by atoms with E-state index >= 15 is 0 Å². The first-order valence-corrected chi connectivity index (χ1v) is 29.0. The van der Waals surface area contributed by atoms with Gasteiger partial charge in [-0.25, -0.2) is 0 Å². The Morgan fingerprint density at radius 2 is 0.770 bits per heavy atom. The zero-order valence-electron chi connectivity index (χ0n) is 41.0. The molecule has 2 fully saturated rings. The highest BCUT2D eigenvalue weighted by Crippen LogP contribution is 2.50. The maximum Gasteiger partial charge on any atom is 0.340 e. The highest BCUT2D eigenvalue weighted by Gasteiger charge is 2.45. The van der Waals surface area contributed by atoms with Gasteiger partial charge in [-0.05, 0) is 38.5 Å². The second kappa shape index (κ2) is 38.4.